The van der Waals surface area contributed by atoms with Crippen molar-refractivity contribution in [2.45, 2.75) is 91.3 Å². The Morgan fingerprint density at radius 2 is 1.21 bits per heavy atom. The van der Waals surface area contributed by atoms with Crippen LogP contribution < -0.4 is 5.19 Å². The van der Waals surface area contributed by atoms with E-state index in [0.717, 1.165) is 74.5 Å². The molecule has 0 saturated heterocycles. The van der Waals surface area contributed by atoms with E-state index in [1.165, 1.54) is 71.2 Å². The summed E-state index contributed by atoms with van der Waals surface area (Å²) in [4.78, 5) is 13.7. The second kappa shape index (κ2) is 22.8. The fraction of sp³-hybridized carbons (Fsp3) is 0.250. The third kappa shape index (κ3) is 12.4. The maximum atomic E-state index is 13.8. The van der Waals surface area contributed by atoms with Crippen molar-refractivity contribution < 1.29 is 28.9 Å². The number of furan rings is 1. The largest absolute Gasteiger partial charge is 0.455 e. The van der Waals surface area contributed by atoms with Crippen molar-refractivity contribution in [2.75, 3.05) is 0 Å². The zero-order valence-corrected chi connectivity index (χ0v) is 43.1. The van der Waals surface area contributed by atoms with Crippen LogP contribution in [-0.4, -0.2) is 23.0 Å². The SMILES string of the molecule is CC(C)c1cc(-c2ccccc2)ncc1[Si](C)(C)C.CCc1ccnc(-c2ccccc2)c1.Fc1cccc(-c2ccc3oc4c(-c5cc(CC6CCCCC6)ccn5)cccc4c3c2)c1.[Ir]. The number of hydrogen-bond donors (Lipinski definition) is 0. The Hall–Kier alpha value is -5.85. The van der Waals surface area contributed by atoms with Gasteiger partial charge in [-0.15, -0.1) is 0 Å². The van der Waals surface area contributed by atoms with Gasteiger partial charge in [-0.3, -0.25) is 15.0 Å². The van der Waals surface area contributed by atoms with E-state index in [2.05, 4.69) is 143 Å². The van der Waals surface area contributed by atoms with Crippen LogP contribution in [0.4, 0.5) is 4.39 Å². The number of aryl methyl sites for hydroxylation is 1. The zero-order chi connectivity index (χ0) is 46.0. The molecule has 1 saturated carbocycles. The van der Waals surface area contributed by atoms with Crippen molar-refractivity contribution in [1.29, 1.82) is 0 Å². The summed E-state index contributed by atoms with van der Waals surface area (Å²) in [5, 5.41) is 3.58. The van der Waals surface area contributed by atoms with Crippen LogP contribution in [-0.2, 0) is 32.9 Å². The van der Waals surface area contributed by atoms with Crippen molar-refractivity contribution in [2.24, 2.45) is 5.92 Å². The van der Waals surface area contributed by atoms with Gasteiger partial charge in [0.05, 0.1) is 25.2 Å². The standard InChI is InChI=1S/C30H26FNO.C17H23NSi.C13H13N.Ir/c31-24-9-4-8-22(18-24)23-12-13-29-27(19-23)25-10-5-11-26(30(25)33-29)28-17-21(14-15-32-28)16-20-6-2-1-3-7-20;1-13(2)15-11-16(14-9-7-6-8-10-14)18-12-17(15)19(3,4)5;1-2-11-8-9-14-13(10-11)12-6-4-3-5-7-12;/h4-5,8-15,17-20H,1-3,6-7,16H2;6-13H,1-5H3;3-10H,2H2,1H3;. The normalized spacial score (nSPS) is 12.8. The van der Waals surface area contributed by atoms with Gasteiger partial charge in [0.15, 0.2) is 0 Å². The topological polar surface area (TPSA) is 51.8 Å². The second-order valence-corrected chi connectivity index (χ2v) is 24.0. The number of benzene rings is 5. The summed E-state index contributed by atoms with van der Waals surface area (Å²) in [6.45, 7) is 13.9. The summed E-state index contributed by atoms with van der Waals surface area (Å²) in [5.74, 6) is 1.11. The second-order valence-electron chi connectivity index (χ2n) is 19.0. The molecule has 1 radical (unpaired) electrons. The Morgan fingerprint density at radius 3 is 1.87 bits per heavy atom. The Kier molecular flexibility index (Phi) is 16.7. The zero-order valence-electron chi connectivity index (χ0n) is 39.7. The van der Waals surface area contributed by atoms with E-state index in [9.17, 15) is 4.39 Å². The first-order valence-corrected chi connectivity index (χ1v) is 27.3. The molecule has 0 unspecified atom stereocenters. The van der Waals surface area contributed by atoms with Gasteiger partial charge in [0.25, 0.3) is 0 Å². The van der Waals surface area contributed by atoms with Gasteiger partial charge in [-0.05, 0) is 118 Å². The number of nitrogens with zero attached hydrogens (tertiary/aromatic N) is 3. The molecular formula is C60H62FIrN3OSi. The van der Waals surface area contributed by atoms with Gasteiger partial charge in [0.2, 0.25) is 0 Å². The van der Waals surface area contributed by atoms with E-state index in [4.69, 9.17) is 14.4 Å². The fourth-order valence-electron chi connectivity index (χ4n) is 9.12. The Morgan fingerprint density at radius 1 is 0.597 bits per heavy atom. The maximum Gasteiger partial charge on any atom is 0.144 e. The first kappa shape index (κ1) is 49.1. The first-order chi connectivity index (χ1) is 32.0. The maximum absolute atomic E-state index is 13.8. The summed E-state index contributed by atoms with van der Waals surface area (Å²) >= 11 is 0. The molecule has 0 atom stereocenters. The van der Waals surface area contributed by atoms with Crippen molar-refractivity contribution >= 4 is 35.2 Å². The van der Waals surface area contributed by atoms with Gasteiger partial charge < -0.3 is 4.42 Å². The van der Waals surface area contributed by atoms with Crippen LogP contribution in [0.5, 0.6) is 0 Å². The molecule has 1 aliphatic rings. The fourth-order valence-corrected chi connectivity index (χ4v) is 10.8. The average molecular weight is 1080 g/mol. The molecule has 9 aromatic rings. The molecule has 10 rings (SSSR count). The minimum absolute atomic E-state index is 0. The molecule has 5 aromatic carbocycles. The number of para-hydroxylation sites is 1. The van der Waals surface area contributed by atoms with Crippen molar-refractivity contribution in [3.05, 3.63) is 193 Å². The van der Waals surface area contributed by atoms with Gasteiger partial charge in [0.1, 0.15) is 17.0 Å². The predicted molar refractivity (Wildman–Crippen MR) is 278 cm³/mol. The van der Waals surface area contributed by atoms with E-state index >= 15 is 0 Å². The Labute approximate surface area is 411 Å². The van der Waals surface area contributed by atoms with Crippen molar-refractivity contribution in [1.82, 2.24) is 15.0 Å². The molecule has 343 valence electrons. The molecule has 4 aromatic heterocycles. The number of fused-ring (bicyclic) bond motifs is 3. The van der Waals surface area contributed by atoms with E-state index < -0.39 is 8.07 Å². The van der Waals surface area contributed by atoms with Crippen LogP contribution in [0.3, 0.4) is 0 Å². The van der Waals surface area contributed by atoms with Crippen LogP contribution in [0.15, 0.2) is 175 Å². The molecule has 7 heteroatoms. The van der Waals surface area contributed by atoms with Gasteiger partial charge in [-0.25, -0.2) is 4.39 Å². The number of pyridine rings is 3. The average Bonchev–Trinajstić information content (AvgIpc) is 3.73. The summed E-state index contributed by atoms with van der Waals surface area (Å²) in [6.07, 6.45) is 14.9. The van der Waals surface area contributed by atoms with Gasteiger partial charge in [-0.2, -0.15) is 0 Å². The van der Waals surface area contributed by atoms with E-state index in [0.29, 0.717) is 5.92 Å². The van der Waals surface area contributed by atoms with Crippen molar-refractivity contribution in [3.8, 4) is 44.9 Å². The van der Waals surface area contributed by atoms with E-state index in [1.807, 2.05) is 54.9 Å². The quantitative estimate of drug-likeness (QED) is 0.135. The van der Waals surface area contributed by atoms with Crippen LogP contribution in [0.1, 0.15) is 75.5 Å². The molecule has 0 N–H and O–H groups in total. The molecule has 1 aliphatic carbocycles. The molecule has 0 aliphatic heterocycles. The monoisotopic (exact) mass is 1080 g/mol. The minimum Gasteiger partial charge on any atom is -0.455 e. The number of halogens is 1. The molecule has 0 spiro atoms. The van der Waals surface area contributed by atoms with Crippen molar-refractivity contribution in [3.63, 3.8) is 0 Å². The molecule has 1 fully saturated rings. The molecule has 0 amide bonds. The molecule has 4 nitrogen and oxygen atoms in total. The van der Waals surface area contributed by atoms with E-state index in [-0.39, 0.29) is 25.9 Å². The number of aromatic nitrogens is 3. The summed E-state index contributed by atoms with van der Waals surface area (Å²) < 4.78 is 20.1. The van der Waals surface area contributed by atoms with Crippen LogP contribution in [0, 0.1) is 11.7 Å². The van der Waals surface area contributed by atoms with Crippen LogP contribution in [0.25, 0.3) is 66.8 Å². The summed E-state index contributed by atoms with van der Waals surface area (Å²) in [7, 11) is -1.33. The van der Waals surface area contributed by atoms with Gasteiger partial charge in [0, 0.05) is 66.2 Å². The third-order valence-electron chi connectivity index (χ3n) is 12.7. The molecule has 67 heavy (non-hydrogen) atoms. The summed E-state index contributed by atoms with van der Waals surface area (Å²) in [6, 6.07) is 50.6. The first-order valence-electron chi connectivity index (χ1n) is 23.8. The molecular weight excluding hydrogens is 1020 g/mol. The third-order valence-corrected chi connectivity index (χ3v) is 14.8. The molecule has 0 bridgehead atoms. The Bertz CT molecular complexity index is 3010. The van der Waals surface area contributed by atoms with Crippen LogP contribution in [0.2, 0.25) is 19.6 Å². The van der Waals surface area contributed by atoms with Crippen LogP contribution >= 0.6 is 0 Å². The van der Waals surface area contributed by atoms with E-state index in [1.54, 1.807) is 12.1 Å². The molecule has 4 heterocycles. The number of rotatable bonds is 9. The predicted octanol–water partition coefficient (Wildman–Crippen LogP) is 16.3. The minimum atomic E-state index is -1.33. The van der Waals surface area contributed by atoms with Gasteiger partial charge in [-0.1, -0.05) is 164 Å². The van der Waals surface area contributed by atoms with Gasteiger partial charge >= 0.3 is 0 Å². The number of hydrogen-bond acceptors (Lipinski definition) is 4. The smallest absolute Gasteiger partial charge is 0.144 e. The summed E-state index contributed by atoms with van der Waals surface area (Å²) in [5.41, 5.74) is 14.2. The Balaban J connectivity index is 0.000000166.